The number of carbonyl (C=O) groups excluding carboxylic acids is 1. The molecule has 1 saturated heterocycles. The Hall–Kier alpha value is -2.83. The molecule has 1 fully saturated rings. The molecule has 0 bridgehead atoms. The van der Waals surface area contributed by atoms with Crippen molar-refractivity contribution in [3.05, 3.63) is 41.1 Å². The molecule has 1 aromatic heterocycles. The monoisotopic (exact) mass is 408 g/mol. The Kier molecular flexibility index (Phi) is 4.76. The Morgan fingerprint density at radius 2 is 1.97 bits per heavy atom. The van der Waals surface area contributed by atoms with Crippen molar-refractivity contribution in [1.29, 1.82) is 0 Å². The first-order valence-corrected chi connectivity index (χ1v) is 10.8. The van der Waals surface area contributed by atoms with E-state index in [4.69, 9.17) is 9.47 Å². The lowest BCUT2D eigenvalue weighted by Gasteiger charge is -2.35. The predicted octanol–water partition coefficient (Wildman–Crippen LogP) is 2.41. The van der Waals surface area contributed by atoms with Crippen LogP contribution in [-0.4, -0.2) is 59.4 Å². The van der Waals surface area contributed by atoms with Crippen LogP contribution in [-0.2, 0) is 24.1 Å². The zero-order chi connectivity index (χ0) is 20.7. The van der Waals surface area contributed by atoms with E-state index in [0.717, 1.165) is 55.2 Å². The fraction of sp³-hybridized carbons (Fsp3) is 0.522. The molecule has 1 aliphatic carbocycles. The van der Waals surface area contributed by atoms with Crippen molar-refractivity contribution in [3.63, 3.8) is 0 Å². The Labute approximate surface area is 177 Å². The average molecular weight is 409 g/mol. The maximum absolute atomic E-state index is 12.7. The van der Waals surface area contributed by atoms with Gasteiger partial charge in [0.05, 0.1) is 5.69 Å². The van der Waals surface area contributed by atoms with E-state index in [1.807, 2.05) is 17.0 Å². The van der Waals surface area contributed by atoms with E-state index in [-0.39, 0.29) is 18.1 Å². The molecule has 5 rings (SSSR count). The van der Waals surface area contributed by atoms with Gasteiger partial charge in [0.2, 0.25) is 0 Å². The zero-order valence-electron chi connectivity index (χ0n) is 17.7. The summed E-state index contributed by atoms with van der Waals surface area (Å²) < 4.78 is 11.9. The third kappa shape index (κ3) is 3.68. The molecule has 0 atom stereocenters. The molecule has 0 radical (unpaired) electrons. The minimum atomic E-state index is -0.234. The van der Waals surface area contributed by atoms with Gasteiger partial charge in [-0.25, -0.2) is 0 Å². The SMILES string of the molecule is CC1(C)Cc2cccc(OCC(=O)N3CCN(c4cc5c(nn4)CCC5)CC3)c2O1. The van der Waals surface area contributed by atoms with Gasteiger partial charge in [-0.05, 0) is 50.8 Å². The highest BCUT2D eigenvalue weighted by Gasteiger charge is 2.32. The molecule has 1 amide bonds. The number of nitrogens with zero attached hydrogens (tertiary/aromatic N) is 4. The molecule has 7 heteroatoms. The third-order valence-electron chi connectivity index (χ3n) is 6.17. The number of amides is 1. The van der Waals surface area contributed by atoms with Crippen molar-refractivity contribution in [1.82, 2.24) is 15.1 Å². The van der Waals surface area contributed by atoms with Crippen molar-refractivity contribution in [2.24, 2.45) is 0 Å². The number of anilines is 1. The normalized spacial score (nSPS) is 19.3. The van der Waals surface area contributed by atoms with Gasteiger partial charge in [-0.15, -0.1) is 5.10 Å². The second-order valence-corrected chi connectivity index (χ2v) is 8.97. The molecular formula is C23H28N4O3. The molecule has 3 aliphatic rings. The molecule has 2 aliphatic heterocycles. The van der Waals surface area contributed by atoms with Gasteiger partial charge in [0.15, 0.2) is 23.9 Å². The third-order valence-corrected chi connectivity index (χ3v) is 6.17. The second-order valence-electron chi connectivity index (χ2n) is 8.97. The average Bonchev–Trinajstić information content (AvgIpc) is 3.34. The molecular weight excluding hydrogens is 380 g/mol. The molecule has 0 spiro atoms. The van der Waals surface area contributed by atoms with E-state index in [2.05, 4.69) is 41.1 Å². The van der Waals surface area contributed by atoms with E-state index in [9.17, 15) is 4.79 Å². The summed E-state index contributed by atoms with van der Waals surface area (Å²) in [5.41, 5.74) is 3.37. The van der Waals surface area contributed by atoms with Gasteiger partial charge in [-0.1, -0.05) is 12.1 Å². The van der Waals surface area contributed by atoms with Crippen LogP contribution >= 0.6 is 0 Å². The van der Waals surface area contributed by atoms with Crippen LogP contribution in [0.4, 0.5) is 5.82 Å². The first kappa shape index (κ1) is 19.2. The molecule has 0 N–H and O–H groups in total. The van der Waals surface area contributed by atoms with Crippen molar-refractivity contribution in [3.8, 4) is 11.5 Å². The maximum atomic E-state index is 12.7. The topological polar surface area (TPSA) is 67.8 Å². The number of hydrogen-bond donors (Lipinski definition) is 0. The highest BCUT2D eigenvalue weighted by molar-refractivity contribution is 5.78. The van der Waals surface area contributed by atoms with Gasteiger partial charge in [-0.2, -0.15) is 5.10 Å². The summed E-state index contributed by atoms with van der Waals surface area (Å²) in [5, 5.41) is 8.78. The summed E-state index contributed by atoms with van der Waals surface area (Å²) in [7, 11) is 0. The quantitative estimate of drug-likeness (QED) is 0.774. The van der Waals surface area contributed by atoms with Gasteiger partial charge in [0, 0.05) is 38.2 Å². The maximum Gasteiger partial charge on any atom is 0.260 e. The summed E-state index contributed by atoms with van der Waals surface area (Å²) in [4.78, 5) is 16.8. The van der Waals surface area contributed by atoms with Gasteiger partial charge in [0.1, 0.15) is 5.60 Å². The number of rotatable bonds is 4. The molecule has 0 unspecified atom stereocenters. The van der Waals surface area contributed by atoms with Crippen molar-refractivity contribution < 1.29 is 14.3 Å². The number of fused-ring (bicyclic) bond motifs is 2. The van der Waals surface area contributed by atoms with Crippen LogP contribution in [0.25, 0.3) is 0 Å². The molecule has 1 aromatic carbocycles. The lowest BCUT2D eigenvalue weighted by Crippen LogP contribution is -2.50. The highest BCUT2D eigenvalue weighted by Crippen LogP contribution is 2.41. The molecule has 7 nitrogen and oxygen atoms in total. The molecule has 30 heavy (non-hydrogen) atoms. The van der Waals surface area contributed by atoms with Crippen LogP contribution in [0, 0.1) is 0 Å². The molecule has 158 valence electrons. The lowest BCUT2D eigenvalue weighted by atomic mass is 10.0. The van der Waals surface area contributed by atoms with Crippen molar-refractivity contribution in [2.75, 3.05) is 37.7 Å². The number of hydrogen-bond acceptors (Lipinski definition) is 6. The van der Waals surface area contributed by atoms with E-state index in [0.29, 0.717) is 18.8 Å². The van der Waals surface area contributed by atoms with E-state index >= 15 is 0 Å². The van der Waals surface area contributed by atoms with Crippen molar-refractivity contribution >= 4 is 11.7 Å². The zero-order valence-corrected chi connectivity index (χ0v) is 17.7. The lowest BCUT2D eigenvalue weighted by molar-refractivity contribution is -0.133. The fourth-order valence-corrected chi connectivity index (χ4v) is 4.59. The Morgan fingerprint density at radius 1 is 1.13 bits per heavy atom. The first-order chi connectivity index (χ1) is 14.5. The van der Waals surface area contributed by atoms with Crippen LogP contribution in [0.15, 0.2) is 24.3 Å². The summed E-state index contributed by atoms with van der Waals surface area (Å²) in [6, 6.07) is 8.06. The van der Waals surface area contributed by atoms with Gasteiger partial charge >= 0.3 is 0 Å². The Morgan fingerprint density at radius 3 is 2.80 bits per heavy atom. The summed E-state index contributed by atoms with van der Waals surface area (Å²) in [6.07, 6.45) is 4.15. The second kappa shape index (κ2) is 7.45. The van der Waals surface area contributed by atoms with E-state index in [1.165, 1.54) is 12.0 Å². The Bertz CT molecular complexity index is 967. The molecule has 0 saturated carbocycles. The predicted molar refractivity (Wildman–Crippen MR) is 113 cm³/mol. The smallest absolute Gasteiger partial charge is 0.260 e. The number of piperazine rings is 1. The minimum absolute atomic E-state index is 0.00421. The minimum Gasteiger partial charge on any atom is -0.483 e. The van der Waals surface area contributed by atoms with Crippen molar-refractivity contribution in [2.45, 2.75) is 45.1 Å². The fourth-order valence-electron chi connectivity index (χ4n) is 4.59. The first-order valence-electron chi connectivity index (χ1n) is 10.8. The number of benzene rings is 1. The number of para-hydroxylation sites is 1. The summed E-state index contributed by atoms with van der Waals surface area (Å²) in [5.74, 6) is 2.36. The van der Waals surface area contributed by atoms with Crippen LogP contribution in [0.2, 0.25) is 0 Å². The summed E-state index contributed by atoms with van der Waals surface area (Å²) >= 11 is 0. The molecule has 2 aromatic rings. The van der Waals surface area contributed by atoms with Crippen LogP contribution < -0.4 is 14.4 Å². The molecule has 3 heterocycles. The van der Waals surface area contributed by atoms with Crippen LogP contribution in [0.3, 0.4) is 0 Å². The number of ether oxygens (including phenoxy) is 2. The largest absolute Gasteiger partial charge is 0.483 e. The van der Waals surface area contributed by atoms with Gasteiger partial charge < -0.3 is 19.3 Å². The standard InChI is InChI=1S/C23H28N4O3/c1-23(2)14-17-6-4-8-19(22(17)30-23)29-15-21(28)27-11-9-26(10-12-27)20-13-16-5-3-7-18(16)24-25-20/h4,6,8,13H,3,5,7,9-12,14-15H2,1-2H3. The van der Waals surface area contributed by atoms with Crippen LogP contribution in [0.5, 0.6) is 11.5 Å². The number of aryl methyl sites for hydroxylation is 2. The number of carbonyl (C=O) groups is 1. The van der Waals surface area contributed by atoms with Gasteiger partial charge in [-0.3, -0.25) is 4.79 Å². The van der Waals surface area contributed by atoms with E-state index in [1.54, 1.807) is 0 Å². The van der Waals surface area contributed by atoms with E-state index < -0.39 is 0 Å². The van der Waals surface area contributed by atoms with Crippen LogP contribution in [0.1, 0.15) is 37.1 Å². The summed E-state index contributed by atoms with van der Waals surface area (Å²) in [6.45, 7) is 7.00. The number of aromatic nitrogens is 2. The van der Waals surface area contributed by atoms with Gasteiger partial charge in [0.25, 0.3) is 5.91 Å². The Balaban J connectivity index is 1.16. The highest BCUT2D eigenvalue weighted by atomic mass is 16.5.